The molecule has 0 aliphatic heterocycles. The lowest BCUT2D eigenvalue weighted by molar-refractivity contribution is 0.102. The Morgan fingerprint density at radius 2 is 1.71 bits per heavy atom. The minimum absolute atomic E-state index is 0.124. The van der Waals surface area contributed by atoms with Crippen LogP contribution >= 0.6 is 0 Å². The van der Waals surface area contributed by atoms with Gasteiger partial charge in [0, 0.05) is 23.2 Å². The third-order valence-corrected chi connectivity index (χ3v) is 5.06. The molecule has 0 spiro atoms. The van der Waals surface area contributed by atoms with Crippen LogP contribution < -0.4 is 15.8 Å². The molecule has 4 heteroatoms. The van der Waals surface area contributed by atoms with Gasteiger partial charge in [-0.2, -0.15) is 0 Å². The smallest absolute Gasteiger partial charge is 0.255 e. The Balaban J connectivity index is 1.70. The Bertz CT molecular complexity index is 687. The van der Waals surface area contributed by atoms with Crippen LogP contribution in [0.5, 0.6) is 5.75 Å². The molecule has 0 heterocycles. The zero-order valence-electron chi connectivity index (χ0n) is 14.0. The van der Waals surface area contributed by atoms with E-state index >= 15 is 0 Å². The van der Waals surface area contributed by atoms with Crippen LogP contribution in [0.2, 0.25) is 0 Å². The zero-order chi connectivity index (χ0) is 17.0. The number of rotatable bonds is 5. The van der Waals surface area contributed by atoms with E-state index in [2.05, 4.69) is 17.4 Å². The first-order valence-electron chi connectivity index (χ1n) is 8.43. The summed E-state index contributed by atoms with van der Waals surface area (Å²) in [6, 6.07) is 15.2. The molecule has 0 atom stereocenters. The van der Waals surface area contributed by atoms with Gasteiger partial charge in [0.2, 0.25) is 0 Å². The molecule has 1 saturated carbocycles. The van der Waals surface area contributed by atoms with Gasteiger partial charge in [-0.15, -0.1) is 0 Å². The summed E-state index contributed by atoms with van der Waals surface area (Å²) in [5, 5.41) is 2.93. The van der Waals surface area contributed by atoms with Crippen molar-refractivity contribution < 1.29 is 9.53 Å². The molecular weight excluding hydrogens is 300 g/mol. The molecule has 0 unspecified atom stereocenters. The summed E-state index contributed by atoms with van der Waals surface area (Å²) in [4.78, 5) is 12.3. The fourth-order valence-corrected chi connectivity index (χ4v) is 3.52. The van der Waals surface area contributed by atoms with E-state index in [4.69, 9.17) is 10.5 Å². The average molecular weight is 324 g/mol. The molecule has 2 aromatic carbocycles. The van der Waals surface area contributed by atoms with Crippen LogP contribution in [0.15, 0.2) is 48.5 Å². The standard InChI is InChI=1S/C20H24N2O2/c1-24-18-10-4-15(5-11-18)19(23)22-17-8-6-16(7-9-17)20(14-21)12-2-3-13-20/h4-11H,2-3,12-14,21H2,1H3,(H,22,23). The van der Waals surface area contributed by atoms with Gasteiger partial charge in [-0.1, -0.05) is 25.0 Å². The van der Waals surface area contributed by atoms with E-state index in [0.717, 1.165) is 24.3 Å². The Morgan fingerprint density at radius 3 is 2.25 bits per heavy atom. The lowest BCUT2D eigenvalue weighted by atomic mass is 9.79. The maximum Gasteiger partial charge on any atom is 0.255 e. The molecule has 3 N–H and O–H groups in total. The lowest BCUT2D eigenvalue weighted by Crippen LogP contribution is -2.31. The van der Waals surface area contributed by atoms with Gasteiger partial charge in [-0.3, -0.25) is 4.79 Å². The van der Waals surface area contributed by atoms with Crippen molar-refractivity contribution in [1.82, 2.24) is 0 Å². The Morgan fingerprint density at radius 1 is 1.08 bits per heavy atom. The monoisotopic (exact) mass is 324 g/mol. The van der Waals surface area contributed by atoms with Crippen LogP contribution in [-0.4, -0.2) is 19.6 Å². The van der Waals surface area contributed by atoms with Crippen molar-refractivity contribution in [3.8, 4) is 5.75 Å². The average Bonchev–Trinajstić information content (AvgIpc) is 3.12. The van der Waals surface area contributed by atoms with E-state index in [-0.39, 0.29) is 11.3 Å². The minimum atomic E-state index is -0.125. The van der Waals surface area contributed by atoms with E-state index < -0.39 is 0 Å². The van der Waals surface area contributed by atoms with E-state index in [1.165, 1.54) is 18.4 Å². The summed E-state index contributed by atoms with van der Waals surface area (Å²) in [7, 11) is 1.61. The molecule has 1 aliphatic rings. The Hall–Kier alpha value is -2.33. The van der Waals surface area contributed by atoms with Crippen molar-refractivity contribution in [2.75, 3.05) is 19.0 Å². The van der Waals surface area contributed by atoms with Gasteiger partial charge in [0.1, 0.15) is 5.75 Å². The number of anilines is 1. The van der Waals surface area contributed by atoms with Gasteiger partial charge in [0.25, 0.3) is 5.91 Å². The van der Waals surface area contributed by atoms with Gasteiger partial charge in [-0.05, 0) is 54.8 Å². The summed E-state index contributed by atoms with van der Waals surface area (Å²) in [6.07, 6.45) is 4.79. The second-order valence-corrected chi connectivity index (χ2v) is 6.45. The van der Waals surface area contributed by atoms with Crippen LogP contribution in [0, 0.1) is 0 Å². The third-order valence-electron chi connectivity index (χ3n) is 5.06. The second-order valence-electron chi connectivity index (χ2n) is 6.45. The number of carbonyl (C=O) groups excluding carboxylic acids is 1. The van der Waals surface area contributed by atoms with Crippen LogP contribution in [0.3, 0.4) is 0 Å². The summed E-state index contributed by atoms with van der Waals surface area (Å²) < 4.78 is 5.11. The van der Waals surface area contributed by atoms with E-state index in [0.29, 0.717) is 12.1 Å². The van der Waals surface area contributed by atoms with Crippen LogP contribution in [0.1, 0.15) is 41.6 Å². The number of amides is 1. The molecule has 1 amide bonds. The van der Waals surface area contributed by atoms with Crippen LogP contribution in [0.4, 0.5) is 5.69 Å². The van der Waals surface area contributed by atoms with Crippen molar-refractivity contribution in [1.29, 1.82) is 0 Å². The normalized spacial score (nSPS) is 15.9. The maximum absolute atomic E-state index is 12.3. The van der Waals surface area contributed by atoms with Gasteiger partial charge in [0.05, 0.1) is 7.11 Å². The quantitative estimate of drug-likeness (QED) is 0.881. The molecule has 2 aromatic rings. The predicted molar refractivity (Wildman–Crippen MR) is 96.6 cm³/mol. The minimum Gasteiger partial charge on any atom is -0.497 e. The van der Waals surface area contributed by atoms with Gasteiger partial charge >= 0.3 is 0 Å². The van der Waals surface area contributed by atoms with Gasteiger partial charge in [-0.25, -0.2) is 0 Å². The molecule has 24 heavy (non-hydrogen) atoms. The molecule has 0 radical (unpaired) electrons. The van der Waals surface area contributed by atoms with Crippen molar-refractivity contribution in [2.45, 2.75) is 31.1 Å². The summed E-state index contributed by atoms with van der Waals surface area (Å²) in [6.45, 7) is 0.685. The van der Waals surface area contributed by atoms with Crippen LogP contribution in [-0.2, 0) is 5.41 Å². The Labute approximate surface area is 143 Å². The molecule has 3 rings (SSSR count). The number of nitrogens with two attached hydrogens (primary N) is 1. The second kappa shape index (κ2) is 7.05. The Kier molecular flexibility index (Phi) is 4.86. The topological polar surface area (TPSA) is 64.3 Å². The SMILES string of the molecule is COc1ccc(C(=O)Nc2ccc(C3(CN)CCCC3)cc2)cc1. The molecule has 1 fully saturated rings. The highest BCUT2D eigenvalue weighted by molar-refractivity contribution is 6.04. The number of ether oxygens (including phenoxy) is 1. The van der Waals surface area contributed by atoms with Crippen molar-refractivity contribution in [3.05, 3.63) is 59.7 Å². The number of carbonyl (C=O) groups is 1. The summed E-state index contributed by atoms with van der Waals surface area (Å²) in [5.41, 5.74) is 8.85. The molecule has 0 bridgehead atoms. The number of benzene rings is 2. The van der Waals surface area contributed by atoms with Crippen molar-refractivity contribution in [2.24, 2.45) is 5.73 Å². The van der Waals surface area contributed by atoms with E-state index in [1.807, 2.05) is 12.1 Å². The molecule has 0 aromatic heterocycles. The summed E-state index contributed by atoms with van der Waals surface area (Å²) >= 11 is 0. The third kappa shape index (κ3) is 3.29. The highest BCUT2D eigenvalue weighted by atomic mass is 16.5. The summed E-state index contributed by atoms with van der Waals surface area (Å²) in [5.74, 6) is 0.611. The highest BCUT2D eigenvalue weighted by Gasteiger charge is 2.33. The van der Waals surface area contributed by atoms with Gasteiger partial charge in [0.15, 0.2) is 0 Å². The highest BCUT2D eigenvalue weighted by Crippen LogP contribution is 2.40. The fourth-order valence-electron chi connectivity index (χ4n) is 3.52. The molecule has 0 saturated heterocycles. The van der Waals surface area contributed by atoms with Gasteiger partial charge < -0.3 is 15.8 Å². The first-order valence-corrected chi connectivity index (χ1v) is 8.43. The molecule has 1 aliphatic carbocycles. The lowest BCUT2D eigenvalue weighted by Gasteiger charge is -2.28. The predicted octanol–water partition coefficient (Wildman–Crippen LogP) is 3.72. The number of hydrogen-bond acceptors (Lipinski definition) is 3. The van der Waals surface area contributed by atoms with Crippen molar-refractivity contribution >= 4 is 11.6 Å². The largest absolute Gasteiger partial charge is 0.497 e. The van der Waals surface area contributed by atoms with Crippen LogP contribution in [0.25, 0.3) is 0 Å². The van der Waals surface area contributed by atoms with E-state index in [9.17, 15) is 4.79 Å². The molecule has 4 nitrogen and oxygen atoms in total. The number of methoxy groups -OCH3 is 1. The first-order chi connectivity index (χ1) is 11.7. The fraction of sp³-hybridized carbons (Fsp3) is 0.350. The number of hydrogen-bond donors (Lipinski definition) is 2. The van der Waals surface area contributed by atoms with Crippen molar-refractivity contribution in [3.63, 3.8) is 0 Å². The van der Waals surface area contributed by atoms with E-state index in [1.54, 1.807) is 31.4 Å². The first kappa shape index (κ1) is 16.5. The molecule has 126 valence electrons. The number of nitrogens with one attached hydrogen (secondary N) is 1. The maximum atomic E-state index is 12.3. The molecular formula is C20H24N2O2. The zero-order valence-corrected chi connectivity index (χ0v) is 14.0.